The fourth-order valence-electron chi connectivity index (χ4n) is 1.96. The Hall–Kier alpha value is -1.69. The first kappa shape index (κ1) is 13.7. The predicted octanol–water partition coefficient (Wildman–Crippen LogP) is 1.28. The third kappa shape index (κ3) is 3.64. The Labute approximate surface area is 109 Å². The maximum absolute atomic E-state index is 12.0. The number of carbonyl (C=O) groups is 1. The van der Waals surface area contributed by atoms with Gasteiger partial charge in [0.15, 0.2) is 0 Å². The molecule has 1 aliphatic rings. The zero-order chi connectivity index (χ0) is 13.8. The van der Waals surface area contributed by atoms with Gasteiger partial charge in [0.2, 0.25) is 5.91 Å². The van der Waals surface area contributed by atoms with Crippen molar-refractivity contribution < 1.29 is 23.4 Å². The van der Waals surface area contributed by atoms with Crippen LogP contribution in [0.3, 0.4) is 0 Å². The average Bonchev–Trinajstić information content (AvgIpc) is 2.29. The van der Waals surface area contributed by atoms with Gasteiger partial charge in [-0.05, 0) is 17.7 Å². The molecule has 2 rings (SSSR count). The lowest BCUT2D eigenvalue weighted by Gasteiger charge is -2.38. The molecule has 1 N–H and O–H groups in total. The molecule has 0 spiro atoms. The SMILES string of the molecule is O=C(Cc1ccc(OC(F)F)cc1)N1CC(CO)C1. The maximum atomic E-state index is 12.0. The number of carbonyl (C=O) groups excluding carboxylic acids is 1. The van der Waals surface area contributed by atoms with Crippen molar-refractivity contribution in [2.75, 3.05) is 19.7 Å². The van der Waals surface area contributed by atoms with Crippen molar-refractivity contribution in [3.05, 3.63) is 29.8 Å². The van der Waals surface area contributed by atoms with Crippen molar-refractivity contribution in [1.82, 2.24) is 4.90 Å². The second-order valence-corrected chi connectivity index (χ2v) is 4.55. The molecule has 1 heterocycles. The van der Waals surface area contributed by atoms with Crippen LogP contribution in [-0.2, 0) is 11.2 Å². The van der Waals surface area contributed by atoms with Crippen LogP contribution in [0.25, 0.3) is 0 Å². The van der Waals surface area contributed by atoms with Crippen molar-refractivity contribution in [2.24, 2.45) is 5.92 Å². The van der Waals surface area contributed by atoms with E-state index in [1.165, 1.54) is 12.1 Å². The molecule has 1 amide bonds. The van der Waals surface area contributed by atoms with E-state index in [9.17, 15) is 13.6 Å². The van der Waals surface area contributed by atoms with E-state index in [1.807, 2.05) is 0 Å². The Morgan fingerprint density at radius 3 is 2.53 bits per heavy atom. The second kappa shape index (κ2) is 5.97. The number of alkyl halides is 2. The molecule has 4 nitrogen and oxygen atoms in total. The number of aliphatic hydroxyl groups excluding tert-OH is 1. The Kier molecular flexibility index (Phi) is 4.31. The van der Waals surface area contributed by atoms with Crippen LogP contribution >= 0.6 is 0 Å². The van der Waals surface area contributed by atoms with Gasteiger partial charge < -0.3 is 14.7 Å². The summed E-state index contributed by atoms with van der Waals surface area (Å²) in [5.41, 5.74) is 0.749. The summed E-state index contributed by atoms with van der Waals surface area (Å²) in [6, 6.07) is 6.03. The van der Waals surface area contributed by atoms with Crippen LogP contribution in [-0.4, -0.2) is 42.2 Å². The van der Waals surface area contributed by atoms with Crippen molar-refractivity contribution in [2.45, 2.75) is 13.0 Å². The van der Waals surface area contributed by atoms with Crippen LogP contribution in [0.4, 0.5) is 8.78 Å². The summed E-state index contributed by atoms with van der Waals surface area (Å²) in [4.78, 5) is 13.5. The Bertz CT molecular complexity index is 430. The van der Waals surface area contributed by atoms with E-state index < -0.39 is 6.61 Å². The Balaban J connectivity index is 1.84. The molecule has 0 bridgehead atoms. The molecule has 1 aliphatic heterocycles. The lowest BCUT2D eigenvalue weighted by Crippen LogP contribution is -2.51. The lowest BCUT2D eigenvalue weighted by atomic mass is 10.00. The molecule has 0 aliphatic carbocycles. The van der Waals surface area contributed by atoms with Crippen LogP contribution < -0.4 is 4.74 Å². The normalized spacial score (nSPS) is 15.5. The molecule has 1 saturated heterocycles. The fourth-order valence-corrected chi connectivity index (χ4v) is 1.96. The largest absolute Gasteiger partial charge is 0.435 e. The van der Waals surface area contributed by atoms with Gasteiger partial charge in [0, 0.05) is 25.6 Å². The van der Waals surface area contributed by atoms with E-state index in [1.54, 1.807) is 17.0 Å². The molecular formula is C13H15F2NO3. The second-order valence-electron chi connectivity index (χ2n) is 4.55. The number of benzene rings is 1. The van der Waals surface area contributed by atoms with Crippen LogP contribution in [0.2, 0.25) is 0 Å². The predicted molar refractivity (Wildman–Crippen MR) is 63.9 cm³/mol. The smallest absolute Gasteiger partial charge is 0.387 e. The third-order valence-electron chi connectivity index (χ3n) is 3.07. The molecule has 6 heteroatoms. The highest BCUT2D eigenvalue weighted by Crippen LogP contribution is 2.18. The van der Waals surface area contributed by atoms with E-state index >= 15 is 0 Å². The lowest BCUT2D eigenvalue weighted by molar-refractivity contribution is -0.137. The molecular weight excluding hydrogens is 256 g/mol. The van der Waals surface area contributed by atoms with Crippen LogP contribution in [0.1, 0.15) is 5.56 Å². The molecule has 0 radical (unpaired) electrons. The van der Waals surface area contributed by atoms with E-state index in [0.29, 0.717) is 13.1 Å². The highest BCUT2D eigenvalue weighted by Gasteiger charge is 2.29. The molecule has 0 saturated carbocycles. The number of hydrogen-bond donors (Lipinski definition) is 1. The van der Waals surface area contributed by atoms with Gasteiger partial charge in [-0.3, -0.25) is 4.79 Å². The van der Waals surface area contributed by atoms with Crippen LogP contribution in [0.5, 0.6) is 5.75 Å². The fraction of sp³-hybridized carbons (Fsp3) is 0.462. The van der Waals surface area contributed by atoms with Gasteiger partial charge >= 0.3 is 6.61 Å². The number of ether oxygens (including phenoxy) is 1. The highest BCUT2D eigenvalue weighted by molar-refractivity contribution is 5.79. The van der Waals surface area contributed by atoms with E-state index in [4.69, 9.17) is 5.11 Å². The first-order chi connectivity index (χ1) is 9.08. The number of hydrogen-bond acceptors (Lipinski definition) is 3. The zero-order valence-electron chi connectivity index (χ0n) is 10.3. The van der Waals surface area contributed by atoms with Gasteiger partial charge in [0.05, 0.1) is 6.42 Å². The first-order valence-electron chi connectivity index (χ1n) is 6.01. The number of nitrogens with zero attached hydrogens (tertiary/aromatic N) is 1. The van der Waals surface area contributed by atoms with Crippen LogP contribution in [0.15, 0.2) is 24.3 Å². The summed E-state index contributed by atoms with van der Waals surface area (Å²) < 4.78 is 28.1. The molecule has 104 valence electrons. The van der Waals surface area contributed by atoms with Crippen molar-refractivity contribution in [3.63, 3.8) is 0 Å². The van der Waals surface area contributed by atoms with Gasteiger partial charge in [0.1, 0.15) is 5.75 Å². The van der Waals surface area contributed by atoms with E-state index in [-0.39, 0.29) is 30.6 Å². The molecule has 19 heavy (non-hydrogen) atoms. The van der Waals surface area contributed by atoms with E-state index in [0.717, 1.165) is 5.56 Å². The summed E-state index contributed by atoms with van der Waals surface area (Å²) in [5.74, 6) is 0.244. The van der Waals surface area contributed by atoms with Crippen molar-refractivity contribution >= 4 is 5.91 Å². The van der Waals surface area contributed by atoms with Gasteiger partial charge in [-0.15, -0.1) is 0 Å². The molecule has 1 fully saturated rings. The molecule has 1 aromatic rings. The van der Waals surface area contributed by atoms with Gasteiger partial charge in [-0.2, -0.15) is 8.78 Å². The van der Waals surface area contributed by atoms with Crippen molar-refractivity contribution in [3.8, 4) is 5.75 Å². The Morgan fingerprint density at radius 2 is 2.00 bits per heavy atom. The maximum Gasteiger partial charge on any atom is 0.387 e. The average molecular weight is 271 g/mol. The number of aliphatic hydroxyl groups is 1. The number of likely N-dealkylation sites (tertiary alicyclic amines) is 1. The zero-order valence-corrected chi connectivity index (χ0v) is 10.3. The summed E-state index contributed by atoms with van der Waals surface area (Å²) in [5, 5.41) is 8.86. The van der Waals surface area contributed by atoms with Gasteiger partial charge in [-0.1, -0.05) is 12.1 Å². The topological polar surface area (TPSA) is 49.8 Å². The number of rotatable bonds is 5. The molecule has 0 unspecified atom stereocenters. The number of halogens is 2. The van der Waals surface area contributed by atoms with Gasteiger partial charge in [0.25, 0.3) is 0 Å². The molecule has 0 aromatic heterocycles. The monoisotopic (exact) mass is 271 g/mol. The standard InChI is InChI=1S/C13H15F2NO3/c14-13(15)19-11-3-1-9(2-4-11)5-12(18)16-6-10(7-16)8-17/h1-4,10,13,17H,5-8H2. The Morgan fingerprint density at radius 1 is 1.37 bits per heavy atom. The minimum absolute atomic E-state index is 0.0211. The van der Waals surface area contributed by atoms with Crippen molar-refractivity contribution in [1.29, 1.82) is 0 Å². The minimum atomic E-state index is -2.84. The third-order valence-corrected chi connectivity index (χ3v) is 3.07. The minimum Gasteiger partial charge on any atom is -0.435 e. The summed E-state index contributed by atoms with van der Waals surface area (Å²) in [6.07, 6.45) is 0.229. The van der Waals surface area contributed by atoms with Gasteiger partial charge in [-0.25, -0.2) is 0 Å². The van der Waals surface area contributed by atoms with E-state index in [2.05, 4.69) is 4.74 Å². The first-order valence-corrected chi connectivity index (χ1v) is 6.01. The summed E-state index contributed by atoms with van der Waals surface area (Å²) in [7, 11) is 0. The molecule has 1 aromatic carbocycles. The quantitative estimate of drug-likeness (QED) is 0.877. The van der Waals surface area contributed by atoms with Crippen LogP contribution in [0, 0.1) is 5.92 Å². The summed E-state index contributed by atoms with van der Waals surface area (Å²) >= 11 is 0. The molecule has 0 atom stereocenters. The number of amides is 1. The summed E-state index contributed by atoms with van der Waals surface area (Å²) in [6.45, 7) is -1.57. The highest BCUT2D eigenvalue weighted by atomic mass is 19.3.